The van der Waals surface area contributed by atoms with E-state index in [9.17, 15) is 0 Å². The van der Waals surface area contributed by atoms with Gasteiger partial charge >= 0.3 is 0 Å². The molecule has 0 aliphatic heterocycles. The van der Waals surface area contributed by atoms with Crippen LogP contribution in [0.25, 0.3) is 0 Å². The monoisotopic (exact) mass is 146 g/mol. The van der Waals surface area contributed by atoms with E-state index in [1.807, 2.05) is 6.08 Å². The van der Waals surface area contributed by atoms with Gasteiger partial charge in [0.05, 0.1) is 0 Å². The molecule has 0 rings (SSSR count). The maximum atomic E-state index is 5.74. The van der Waals surface area contributed by atoms with Crippen molar-refractivity contribution < 1.29 is 0 Å². The van der Waals surface area contributed by atoms with Gasteiger partial charge in [-0.15, -0.1) is 18.2 Å². The van der Waals surface area contributed by atoms with Gasteiger partial charge in [0.25, 0.3) is 0 Å². The highest BCUT2D eigenvalue weighted by Crippen LogP contribution is 2.26. The van der Waals surface area contributed by atoms with Crippen LogP contribution in [0.2, 0.25) is 0 Å². The Morgan fingerprint density at radius 2 is 2.22 bits per heavy atom. The van der Waals surface area contributed by atoms with E-state index in [0.717, 1.165) is 18.7 Å². The van der Waals surface area contributed by atoms with Gasteiger partial charge in [-0.05, 0) is 18.3 Å². The average Bonchev–Trinajstić information content (AvgIpc) is 1.89. The zero-order chi connectivity index (χ0) is 7.33. The van der Waals surface area contributed by atoms with Crippen LogP contribution >= 0.6 is 11.6 Å². The number of rotatable bonds is 4. The van der Waals surface area contributed by atoms with Crippen molar-refractivity contribution in [3.8, 4) is 0 Å². The number of allylic oxidation sites excluding steroid dienone is 1. The maximum absolute atomic E-state index is 5.74. The molecule has 0 spiro atoms. The fourth-order valence-corrected chi connectivity index (χ4v) is 0.940. The predicted octanol–water partition coefficient (Wildman–Crippen LogP) is 3.22. The van der Waals surface area contributed by atoms with E-state index in [2.05, 4.69) is 20.4 Å². The summed E-state index contributed by atoms with van der Waals surface area (Å²) in [6.07, 6.45) is 4.08. The van der Waals surface area contributed by atoms with Crippen LogP contribution in [0.3, 0.4) is 0 Å². The molecule has 9 heavy (non-hydrogen) atoms. The van der Waals surface area contributed by atoms with Gasteiger partial charge in [-0.1, -0.05) is 19.9 Å². The van der Waals surface area contributed by atoms with Crippen molar-refractivity contribution >= 4 is 11.6 Å². The lowest BCUT2D eigenvalue weighted by molar-refractivity contribution is 0.363. The first-order chi connectivity index (χ1) is 4.18. The van der Waals surface area contributed by atoms with Crippen molar-refractivity contribution in [3.63, 3.8) is 0 Å². The average molecular weight is 147 g/mol. The van der Waals surface area contributed by atoms with Crippen LogP contribution in [-0.2, 0) is 0 Å². The van der Waals surface area contributed by atoms with E-state index < -0.39 is 0 Å². The van der Waals surface area contributed by atoms with Gasteiger partial charge < -0.3 is 0 Å². The molecule has 1 unspecified atom stereocenters. The largest absolute Gasteiger partial charge is 0.126 e. The third kappa shape index (κ3) is 2.90. The Balaban J connectivity index is 3.75. The van der Waals surface area contributed by atoms with Crippen molar-refractivity contribution in [2.24, 2.45) is 5.41 Å². The Labute approximate surface area is 62.9 Å². The van der Waals surface area contributed by atoms with Crippen LogP contribution in [0.15, 0.2) is 12.7 Å². The van der Waals surface area contributed by atoms with Crippen molar-refractivity contribution in [1.82, 2.24) is 0 Å². The van der Waals surface area contributed by atoms with E-state index in [-0.39, 0.29) is 5.41 Å². The summed E-state index contributed by atoms with van der Waals surface area (Å²) in [7, 11) is 0. The van der Waals surface area contributed by atoms with Crippen LogP contribution < -0.4 is 0 Å². The minimum atomic E-state index is 0.281. The van der Waals surface area contributed by atoms with Gasteiger partial charge in [-0.25, -0.2) is 0 Å². The third-order valence-electron chi connectivity index (χ3n) is 1.81. The molecule has 0 fully saturated rings. The Morgan fingerprint density at radius 1 is 1.67 bits per heavy atom. The molecule has 0 heterocycles. The Hall–Kier alpha value is 0.0300. The fraction of sp³-hybridized carbons (Fsp3) is 0.750. The summed E-state index contributed by atoms with van der Waals surface area (Å²) in [5.74, 6) is 0.732. The first-order valence-corrected chi connectivity index (χ1v) is 3.89. The Bertz CT molecular complexity index is 82.6. The second kappa shape index (κ2) is 3.94. The summed E-state index contributed by atoms with van der Waals surface area (Å²) in [5, 5.41) is 0. The van der Waals surface area contributed by atoms with Crippen LogP contribution in [0.5, 0.6) is 0 Å². The van der Waals surface area contributed by atoms with Gasteiger partial charge in [0.1, 0.15) is 0 Å². The number of hydrogen-bond donors (Lipinski definition) is 0. The molecule has 0 saturated heterocycles. The maximum Gasteiger partial charge on any atom is 0.0280 e. The van der Waals surface area contributed by atoms with Crippen molar-refractivity contribution in [3.05, 3.63) is 12.7 Å². The highest BCUT2D eigenvalue weighted by molar-refractivity contribution is 6.18. The molecule has 1 heteroatoms. The van der Waals surface area contributed by atoms with Crippen molar-refractivity contribution in [2.45, 2.75) is 26.7 Å². The Kier molecular flexibility index (Phi) is 3.96. The minimum Gasteiger partial charge on any atom is -0.126 e. The second-order valence-corrected chi connectivity index (χ2v) is 3.06. The molecule has 0 N–H and O–H groups in total. The second-order valence-electron chi connectivity index (χ2n) is 2.79. The summed E-state index contributed by atoms with van der Waals surface area (Å²) in [6, 6.07) is 0. The van der Waals surface area contributed by atoms with Crippen LogP contribution in [0.4, 0.5) is 0 Å². The van der Waals surface area contributed by atoms with Crippen molar-refractivity contribution in [1.29, 1.82) is 0 Å². The molecule has 0 radical (unpaired) electrons. The van der Waals surface area contributed by atoms with Gasteiger partial charge in [0.2, 0.25) is 0 Å². The van der Waals surface area contributed by atoms with Gasteiger partial charge in [-0.2, -0.15) is 0 Å². The molecule has 0 aromatic heterocycles. The number of halogens is 1. The molecular weight excluding hydrogens is 132 g/mol. The SMILES string of the molecule is C=CCC(C)(CC)CCl. The smallest absolute Gasteiger partial charge is 0.0280 e. The number of hydrogen-bond acceptors (Lipinski definition) is 0. The van der Waals surface area contributed by atoms with Gasteiger partial charge in [-0.3, -0.25) is 0 Å². The minimum absolute atomic E-state index is 0.281. The van der Waals surface area contributed by atoms with E-state index in [1.165, 1.54) is 0 Å². The van der Waals surface area contributed by atoms with E-state index in [4.69, 9.17) is 11.6 Å². The molecule has 0 saturated carbocycles. The first-order valence-electron chi connectivity index (χ1n) is 3.35. The van der Waals surface area contributed by atoms with E-state index >= 15 is 0 Å². The highest BCUT2D eigenvalue weighted by atomic mass is 35.5. The molecule has 0 bridgehead atoms. The summed E-state index contributed by atoms with van der Waals surface area (Å²) in [6.45, 7) is 8.02. The molecule has 0 nitrogen and oxygen atoms in total. The van der Waals surface area contributed by atoms with Crippen LogP contribution in [-0.4, -0.2) is 5.88 Å². The zero-order valence-electron chi connectivity index (χ0n) is 6.28. The zero-order valence-corrected chi connectivity index (χ0v) is 7.04. The first kappa shape index (κ1) is 9.03. The predicted molar refractivity (Wildman–Crippen MR) is 43.9 cm³/mol. The molecule has 0 amide bonds. The van der Waals surface area contributed by atoms with E-state index in [1.54, 1.807) is 0 Å². The normalized spacial score (nSPS) is 16.8. The molecular formula is C8H15Cl. The fourth-order valence-electron chi connectivity index (χ4n) is 0.642. The lowest BCUT2D eigenvalue weighted by Gasteiger charge is -2.22. The summed E-state index contributed by atoms with van der Waals surface area (Å²) < 4.78 is 0. The molecule has 0 aromatic rings. The lowest BCUT2D eigenvalue weighted by atomic mass is 9.86. The molecule has 0 aromatic carbocycles. The molecule has 0 aliphatic rings. The van der Waals surface area contributed by atoms with Gasteiger partial charge in [0.15, 0.2) is 0 Å². The summed E-state index contributed by atoms with van der Waals surface area (Å²) in [4.78, 5) is 0. The molecule has 1 atom stereocenters. The van der Waals surface area contributed by atoms with Crippen LogP contribution in [0, 0.1) is 5.41 Å². The standard InChI is InChI=1S/C8H15Cl/c1-4-6-8(3,5-2)7-9/h4H,1,5-7H2,2-3H3. The van der Waals surface area contributed by atoms with Crippen molar-refractivity contribution in [2.75, 3.05) is 5.88 Å². The lowest BCUT2D eigenvalue weighted by Crippen LogP contribution is -2.15. The Morgan fingerprint density at radius 3 is 2.33 bits per heavy atom. The molecule has 0 aliphatic carbocycles. The highest BCUT2D eigenvalue weighted by Gasteiger charge is 2.17. The summed E-state index contributed by atoms with van der Waals surface area (Å²) in [5.41, 5.74) is 0.281. The van der Waals surface area contributed by atoms with Crippen LogP contribution in [0.1, 0.15) is 26.7 Å². The topological polar surface area (TPSA) is 0 Å². The quantitative estimate of drug-likeness (QED) is 0.422. The molecule has 54 valence electrons. The van der Waals surface area contributed by atoms with E-state index in [0.29, 0.717) is 0 Å². The van der Waals surface area contributed by atoms with Gasteiger partial charge in [0, 0.05) is 5.88 Å². The number of alkyl halides is 1. The summed E-state index contributed by atoms with van der Waals surface area (Å²) >= 11 is 5.74. The third-order valence-corrected chi connectivity index (χ3v) is 2.46.